The van der Waals surface area contributed by atoms with Crippen LogP contribution in [0.15, 0.2) is 42.8 Å². The molecule has 1 amide bonds. The van der Waals surface area contributed by atoms with E-state index in [-0.39, 0.29) is 18.0 Å². The number of fused-ring (bicyclic) bond motifs is 2. The molecule has 4 rings (SSSR count). The number of alkyl halides is 1. The molecular weight excluding hydrogens is 433 g/mol. The molecule has 0 aromatic carbocycles. The lowest BCUT2D eigenvalue weighted by Gasteiger charge is -2.26. The van der Waals surface area contributed by atoms with Crippen molar-refractivity contribution < 1.29 is 18.0 Å². The minimum atomic E-state index is -1.52. The van der Waals surface area contributed by atoms with Crippen molar-refractivity contribution in [2.45, 2.75) is 26.8 Å². The molecule has 10 heteroatoms. The number of aryl methyl sites for hydroxylation is 3. The summed E-state index contributed by atoms with van der Waals surface area (Å²) >= 11 is 0. The summed E-state index contributed by atoms with van der Waals surface area (Å²) in [4.78, 5) is 19.4. The van der Waals surface area contributed by atoms with Crippen molar-refractivity contribution in [1.29, 1.82) is 0 Å². The quantitative estimate of drug-likeness (QED) is 0.545. The van der Waals surface area contributed by atoms with E-state index in [1.54, 1.807) is 40.5 Å². The number of amides is 1. The molecule has 0 atom stereocenters. The van der Waals surface area contributed by atoms with Crippen molar-refractivity contribution in [2.24, 2.45) is 7.05 Å². The van der Waals surface area contributed by atoms with E-state index in [1.807, 2.05) is 6.92 Å². The number of hydrogen-bond donors (Lipinski definition) is 0. The first-order valence-corrected chi connectivity index (χ1v) is 10.4. The van der Waals surface area contributed by atoms with Gasteiger partial charge in [-0.1, -0.05) is 12.7 Å². The molecule has 172 valence electrons. The highest BCUT2D eigenvalue weighted by Crippen LogP contribution is 2.30. The lowest BCUT2D eigenvalue weighted by atomic mass is 9.98. The zero-order chi connectivity index (χ0) is 23.9. The Morgan fingerprint density at radius 2 is 2.00 bits per heavy atom. The van der Waals surface area contributed by atoms with Crippen LogP contribution in [-0.2, 0) is 20.0 Å². The number of carbonyl (C=O) groups excluding carboxylic acids is 1. The smallest absolute Gasteiger partial charge is 0.258 e. The average molecular weight is 456 g/mol. The van der Waals surface area contributed by atoms with Gasteiger partial charge in [0.15, 0.2) is 11.7 Å². The summed E-state index contributed by atoms with van der Waals surface area (Å²) in [6.45, 7) is 6.42. The molecule has 0 saturated heterocycles. The third kappa shape index (κ3) is 3.85. The van der Waals surface area contributed by atoms with Gasteiger partial charge in [-0.15, -0.1) is 0 Å². The maximum atomic E-state index is 14.0. The maximum absolute atomic E-state index is 14.0. The Bertz CT molecular complexity index is 1330. The first-order chi connectivity index (χ1) is 15.8. The third-order valence-electron chi connectivity index (χ3n) is 5.76. The van der Waals surface area contributed by atoms with E-state index in [1.165, 1.54) is 6.08 Å². The van der Waals surface area contributed by atoms with Gasteiger partial charge in [-0.2, -0.15) is 10.2 Å². The van der Waals surface area contributed by atoms with Crippen molar-refractivity contribution in [3.8, 4) is 0 Å². The fraction of sp³-hybridized carbons (Fsp3) is 0.304. The molecule has 4 heterocycles. The predicted molar refractivity (Wildman–Crippen MR) is 118 cm³/mol. The lowest BCUT2D eigenvalue weighted by molar-refractivity contribution is 0.0733. The van der Waals surface area contributed by atoms with Gasteiger partial charge in [0.05, 0.1) is 34.9 Å². The molecule has 0 aliphatic carbocycles. The van der Waals surface area contributed by atoms with E-state index in [2.05, 4.69) is 21.8 Å². The Kier molecular flexibility index (Phi) is 5.92. The Morgan fingerprint density at radius 1 is 1.24 bits per heavy atom. The average Bonchev–Trinajstić information content (AvgIpc) is 3.31. The number of hydrogen-bond acceptors (Lipinski definition) is 4. The normalized spacial score (nSPS) is 15.0. The minimum absolute atomic E-state index is 0.171. The second kappa shape index (κ2) is 8.68. The monoisotopic (exact) mass is 456 g/mol. The summed E-state index contributed by atoms with van der Waals surface area (Å²) in [5, 5.41) is 8.93. The van der Waals surface area contributed by atoms with Crippen LogP contribution in [0, 0.1) is 13.8 Å². The van der Waals surface area contributed by atoms with Gasteiger partial charge in [0, 0.05) is 37.1 Å². The Labute approximate surface area is 188 Å². The van der Waals surface area contributed by atoms with Gasteiger partial charge in [-0.3, -0.25) is 14.5 Å². The Balaban J connectivity index is 1.69. The van der Waals surface area contributed by atoms with E-state index in [4.69, 9.17) is 0 Å². The van der Waals surface area contributed by atoms with Crippen LogP contribution >= 0.6 is 0 Å². The van der Waals surface area contributed by atoms with Crippen molar-refractivity contribution >= 4 is 17.0 Å². The highest BCUT2D eigenvalue weighted by atomic mass is 19.2. The molecule has 1 aliphatic rings. The summed E-state index contributed by atoms with van der Waals surface area (Å²) in [5.74, 6) is -2.94. The number of nitrogens with zero attached hydrogens (tertiary/aromatic N) is 6. The standard InChI is InChI=1S/C23H23F3N6O/c1-5-15(10-17(25)18(26)11-24)22-16-6-8-31(12-19(16)29-30(22)4)23(33)20-13(2)28-32-9-7-27-14(3)21(20)32/h5,7,9-10H,1,6,8,11-12H2,2-4H3/b15-10+,18-17-. The molecule has 0 bridgehead atoms. The van der Waals surface area contributed by atoms with E-state index < -0.39 is 18.3 Å². The maximum Gasteiger partial charge on any atom is 0.258 e. The summed E-state index contributed by atoms with van der Waals surface area (Å²) in [6.07, 6.45) is 6.08. The SMILES string of the molecule is C=C/C(=C\C(F)=C(\F)CF)c1c2c(nn1C)CN(C(=O)c1c(C)nn3ccnc(C)c13)CC2. The molecule has 7 nitrogen and oxygen atoms in total. The first kappa shape index (κ1) is 22.5. The first-order valence-electron chi connectivity index (χ1n) is 10.4. The lowest BCUT2D eigenvalue weighted by Crippen LogP contribution is -2.36. The van der Waals surface area contributed by atoms with Crippen molar-refractivity contribution in [3.63, 3.8) is 0 Å². The van der Waals surface area contributed by atoms with Crippen LogP contribution in [-0.4, -0.2) is 48.4 Å². The van der Waals surface area contributed by atoms with Crippen LogP contribution in [0.2, 0.25) is 0 Å². The summed E-state index contributed by atoms with van der Waals surface area (Å²) in [6, 6.07) is 0. The number of halogens is 3. The highest BCUT2D eigenvalue weighted by Gasteiger charge is 2.30. The molecule has 1 aliphatic heterocycles. The van der Waals surface area contributed by atoms with Crippen LogP contribution in [0.5, 0.6) is 0 Å². The van der Waals surface area contributed by atoms with E-state index >= 15 is 0 Å². The fourth-order valence-electron chi connectivity index (χ4n) is 4.24. The fourth-order valence-corrected chi connectivity index (χ4v) is 4.24. The van der Waals surface area contributed by atoms with Crippen molar-refractivity contribution in [3.05, 3.63) is 76.7 Å². The molecule has 0 radical (unpaired) electrons. The van der Waals surface area contributed by atoms with Crippen LogP contribution < -0.4 is 0 Å². The molecule has 0 fully saturated rings. The second-order valence-corrected chi connectivity index (χ2v) is 7.83. The van der Waals surface area contributed by atoms with Gasteiger partial charge in [0.25, 0.3) is 5.91 Å². The molecule has 0 unspecified atom stereocenters. The highest BCUT2D eigenvalue weighted by molar-refractivity contribution is 6.02. The van der Waals surface area contributed by atoms with Crippen LogP contribution in [0.3, 0.4) is 0 Å². The van der Waals surface area contributed by atoms with E-state index in [0.29, 0.717) is 46.8 Å². The molecule has 33 heavy (non-hydrogen) atoms. The summed E-state index contributed by atoms with van der Waals surface area (Å²) in [5.41, 5.74) is 4.79. The van der Waals surface area contributed by atoms with E-state index in [9.17, 15) is 18.0 Å². The van der Waals surface area contributed by atoms with Gasteiger partial charge in [0.2, 0.25) is 0 Å². The Hall–Kier alpha value is -3.69. The van der Waals surface area contributed by atoms with Gasteiger partial charge < -0.3 is 4.90 Å². The summed E-state index contributed by atoms with van der Waals surface area (Å²) in [7, 11) is 1.68. The van der Waals surface area contributed by atoms with Crippen molar-refractivity contribution in [2.75, 3.05) is 13.2 Å². The van der Waals surface area contributed by atoms with Crippen molar-refractivity contribution in [1.82, 2.24) is 29.3 Å². The van der Waals surface area contributed by atoms with E-state index in [0.717, 1.165) is 11.6 Å². The Morgan fingerprint density at radius 3 is 2.70 bits per heavy atom. The van der Waals surface area contributed by atoms with Crippen LogP contribution in [0.25, 0.3) is 11.1 Å². The third-order valence-corrected chi connectivity index (χ3v) is 5.76. The van der Waals surface area contributed by atoms with Gasteiger partial charge in [-0.25, -0.2) is 17.7 Å². The number of rotatable bonds is 5. The molecular formula is C23H23F3N6O. The largest absolute Gasteiger partial charge is 0.332 e. The number of carbonyl (C=O) groups is 1. The zero-order valence-electron chi connectivity index (χ0n) is 18.6. The van der Waals surface area contributed by atoms with Gasteiger partial charge in [-0.05, 0) is 26.3 Å². The summed E-state index contributed by atoms with van der Waals surface area (Å²) < 4.78 is 43.0. The topological polar surface area (TPSA) is 68.3 Å². The zero-order valence-corrected chi connectivity index (χ0v) is 18.6. The second-order valence-electron chi connectivity index (χ2n) is 7.83. The van der Waals surface area contributed by atoms with Gasteiger partial charge >= 0.3 is 0 Å². The van der Waals surface area contributed by atoms with Gasteiger partial charge in [0.1, 0.15) is 12.2 Å². The van der Waals surface area contributed by atoms with Crippen LogP contribution in [0.1, 0.15) is 38.7 Å². The number of allylic oxidation sites excluding steroid dienone is 5. The minimum Gasteiger partial charge on any atom is -0.332 e. The number of aromatic nitrogens is 5. The predicted octanol–water partition coefficient (Wildman–Crippen LogP) is 3.97. The molecule has 0 N–H and O–H groups in total. The molecule has 3 aromatic rings. The molecule has 0 saturated carbocycles. The van der Waals surface area contributed by atoms with Crippen LogP contribution in [0.4, 0.5) is 13.2 Å². The molecule has 3 aromatic heterocycles. The molecule has 0 spiro atoms.